The maximum absolute atomic E-state index is 12.3. The number of ether oxygens (including phenoxy) is 2. The molecule has 1 N–H and O–H groups in total. The van der Waals surface area contributed by atoms with Crippen LogP contribution in [-0.4, -0.2) is 29.9 Å². The van der Waals surface area contributed by atoms with Crippen molar-refractivity contribution in [2.24, 2.45) is 0 Å². The highest BCUT2D eigenvalue weighted by Crippen LogP contribution is 2.23. The van der Waals surface area contributed by atoms with Crippen molar-refractivity contribution >= 4 is 29.4 Å². The number of benzene rings is 2. The summed E-state index contributed by atoms with van der Waals surface area (Å²) in [6, 6.07) is 14.7. The number of halogens is 1. The fraction of sp³-hybridized carbons (Fsp3) is 0.143. The molecule has 0 radical (unpaired) electrons. The molecular formula is C21H20ClN3O3. The molecule has 0 atom stereocenters. The lowest BCUT2D eigenvalue weighted by molar-refractivity contribution is -0.111. The van der Waals surface area contributed by atoms with E-state index in [1.165, 1.54) is 6.08 Å². The lowest BCUT2D eigenvalue weighted by atomic mass is 10.2. The van der Waals surface area contributed by atoms with Crippen molar-refractivity contribution in [3.05, 3.63) is 77.0 Å². The van der Waals surface area contributed by atoms with Crippen molar-refractivity contribution in [1.82, 2.24) is 9.78 Å². The zero-order chi connectivity index (χ0) is 19.9. The number of methoxy groups -OCH3 is 2. The lowest BCUT2D eigenvalue weighted by Gasteiger charge is -2.09. The topological polar surface area (TPSA) is 65.4 Å². The van der Waals surface area contributed by atoms with Gasteiger partial charge in [0.05, 0.1) is 27.0 Å². The van der Waals surface area contributed by atoms with Gasteiger partial charge in [0, 0.05) is 23.2 Å². The molecule has 0 unspecified atom stereocenters. The summed E-state index contributed by atoms with van der Waals surface area (Å²) in [5.41, 5.74) is 1.71. The van der Waals surface area contributed by atoms with Gasteiger partial charge in [0.1, 0.15) is 17.3 Å². The minimum atomic E-state index is -0.275. The molecule has 3 rings (SSSR count). The van der Waals surface area contributed by atoms with E-state index in [1.54, 1.807) is 43.3 Å². The minimum absolute atomic E-state index is 0.275. The number of nitrogens with zero attached hydrogens (tertiary/aromatic N) is 2. The third kappa shape index (κ3) is 4.92. The molecule has 0 aliphatic carbocycles. The van der Waals surface area contributed by atoms with E-state index in [0.717, 1.165) is 11.1 Å². The first-order valence-electron chi connectivity index (χ1n) is 8.56. The molecule has 28 heavy (non-hydrogen) atoms. The standard InChI is InChI=1S/C21H20ClN3O3/c1-27-17-11-15(12-18(13-17)28-2)7-8-21(26)24-20-9-10-23-25(20)14-16-5-3-4-6-19(16)22/h3-13H,14H2,1-2H3,(H,24,26)/b8-7+. The maximum Gasteiger partial charge on any atom is 0.249 e. The fourth-order valence-electron chi connectivity index (χ4n) is 2.62. The zero-order valence-corrected chi connectivity index (χ0v) is 16.3. The number of aromatic nitrogens is 2. The predicted molar refractivity (Wildman–Crippen MR) is 110 cm³/mol. The summed E-state index contributed by atoms with van der Waals surface area (Å²) in [5.74, 6) is 1.61. The molecule has 144 valence electrons. The third-order valence-electron chi connectivity index (χ3n) is 4.05. The molecule has 0 fully saturated rings. The number of hydrogen-bond acceptors (Lipinski definition) is 4. The van der Waals surface area contributed by atoms with Crippen LogP contribution in [0.3, 0.4) is 0 Å². The highest BCUT2D eigenvalue weighted by molar-refractivity contribution is 6.31. The van der Waals surface area contributed by atoms with E-state index in [1.807, 2.05) is 36.4 Å². The normalized spacial score (nSPS) is 10.8. The average molecular weight is 398 g/mol. The highest BCUT2D eigenvalue weighted by Gasteiger charge is 2.08. The van der Waals surface area contributed by atoms with Gasteiger partial charge in [-0.3, -0.25) is 4.79 Å². The smallest absolute Gasteiger partial charge is 0.249 e. The number of carbonyl (C=O) groups is 1. The minimum Gasteiger partial charge on any atom is -0.497 e. The first kappa shape index (κ1) is 19.5. The summed E-state index contributed by atoms with van der Waals surface area (Å²) in [7, 11) is 3.16. The van der Waals surface area contributed by atoms with Gasteiger partial charge in [-0.2, -0.15) is 5.10 Å². The Morgan fingerprint density at radius 1 is 1.14 bits per heavy atom. The maximum atomic E-state index is 12.3. The van der Waals surface area contributed by atoms with E-state index in [4.69, 9.17) is 21.1 Å². The lowest BCUT2D eigenvalue weighted by Crippen LogP contribution is -2.14. The number of nitrogens with one attached hydrogen (secondary N) is 1. The Bertz CT molecular complexity index is 976. The van der Waals surface area contributed by atoms with Gasteiger partial charge in [-0.25, -0.2) is 4.68 Å². The summed E-state index contributed by atoms with van der Waals surface area (Å²) < 4.78 is 12.2. The Morgan fingerprint density at radius 2 is 1.86 bits per heavy atom. The van der Waals surface area contributed by atoms with E-state index in [2.05, 4.69) is 10.4 Å². The van der Waals surface area contributed by atoms with Crippen LogP contribution in [0, 0.1) is 0 Å². The number of amides is 1. The van der Waals surface area contributed by atoms with E-state index < -0.39 is 0 Å². The second-order valence-corrected chi connectivity index (χ2v) is 6.34. The molecule has 0 bridgehead atoms. The monoisotopic (exact) mass is 397 g/mol. The van der Waals surface area contributed by atoms with Crippen LogP contribution in [0.2, 0.25) is 5.02 Å². The molecule has 0 saturated heterocycles. The quantitative estimate of drug-likeness (QED) is 0.605. The van der Waals surface area contributed by atoms with Crippen molar-refractivity contribution in [2.45, 2.75) is 6.54 Å². The highest BCUT2D eigenvalue weighted by atomic mass is 35.5. The van der Waals surface area contributed by atoms with Crippen LogP contribution < -0.4 is 14.8 Å². The Balaban J connectivity index is 1.70. The molecule has 0 aliphatic heterocycles. The first-order chi connectivity index (χ1) is 13.6. The average Bonchev–Trinajstić information content (AvgIpc) is 3.14. The molecule has 0 saturated carbocycles. The van der Waals surface area contributed by atoms with Gasteiger partial charge in [0.2, 0.25) is 5.91 Å². The van der Waals surface area contributed by atoms with E-state index in [0.29, 0.717) is 28.9 Å². The van der Waals surface area contributed by atoms with Gasteiger partial charge < -0.3 is 14.8 Å². The van der Waals surface area contributed by atoms with Crippen LogP contribution in [0.5, 0.6) is 11.5 Å². The molecule has 1 heterocycles. The molecule has 2 aromatic carbocycles. The van der Waals surface area contributed by atoms with Crippen molar-refractivity contribution in [2.75, 3.05) is 19.5 Å². The summed E-state index contributed by atoms with van der Waals surface area (Å²) in [6.45, 7) is 0.457. The van der Waals surface area contributed by atoms with Crippen LogP contribution in [0.1, 0.15) is 11.1 Å². The number of hydrogen-bond donors (Lipinski definition) is 1. The molecular weight excluding hydrogens is 378 g/mol. The van der Waals surface area contributed by atoms with Crippen molar-refractivity contribution in [1.29, 1.82) is 0 Å². The largest absolute Gasteiger partial charge is 0.497 e. The summed E-state index contributed by atoms with van der Waals surface area (Å²) in [6.07, 6.45) is 4.76. The molecule has 0 spiro atoms. The second-order valence-electron chi connectivity index (χ2n) is 5.93. The summed E-state index contributed by atoms with van der Waals surface area (Å²) in [4.78, 5) is 12.3. The van der Waals surface area contributed by atoms with E-state index in [-0.39, 0.29) is 5.91 Å². The fourth-order valence-corrected chi connectivity index (χ4v) is 2.81. The Kier molecular flexibility index (Phi) is 6.34. The first-order valence-corrected chi connectivity index (χ1v) is 8.94. The van der Waals surface area contributed by atoms with E-state index in [9.17, 15) is 4.79 Å². The Hall–Kier alpha value is -3.25. The van der Waals surface area contributed by atoms with Gasteiger partial charge in [-0.05, 0) is 35.4 Å². The molecule has 7 heteroatoms. The van der Waals surface area contributed by atoms with E-state index >= 15 is 0 Å². The third-order valence-corrected chi connectivity index (χ3v) is 4.42. The van der Waals surface area contributed by atoms with Crippen LogP contribution >= 0.6 is 11.6 Å². The van der Waals surface area contributed by atoms with Crippen molar-refractivity contribution in [3.63, 3.8) is 0 Å². The molecule has 0 aliphatic rings. The molecule has 1 aromatic heterocycles. The van der Waals surface area contributed by atoms with Gasteiger partial charge in [0.15, 0.2) is 0 Å². The van der Waals surface area contributed by atoms with Crippen LogP contribution in [-0.2, 0) is 11.3 Å². The van der Waals surface area contributed by atoms with Crippen LogP contribution in [0.25, 0.3) is 6.08 Å². The number of anilines is 1. The van der Waals surface area contributed by atoms with Crippen molar-refractivity contribution in [3.8, 4) is 11.5 Å². The summed E-state index contributed by atoms with van der Waals surface area (Å²) >= 11 is 6.21. The van der Waals surface area contributed by atoms with Gasteiger partial charge in [-0.15, -0.1) is 0 Å². The van der Waals surface area contributed by atoms with Crippen LogP contribution in [0.4, 0.5) is 5.82 Å². The Labute approximate surface area is 168 Å². The molecule has 6 nitrogen and oxygen atoms in total. The zero-order valence-electron chi connectivity index (χ0n) is 15.6. The number of rotatable bonds is 7. The van der Waals surface area contributed by atoms with Crippen molar-refractivity contribution < 1.29 is 14.3 Å². The molecule has 3 aromatic rings. The SMILES string of the molecule is COc1cc(/C=C/C(=O)Nc2ccnn2Cc2ccccc2Cl)cc(OC)c1. The van der Waals surface area contributed by atoms with Gasteiger partial charge in [0.25, 0.3) is 0 Å². The van der Waals surface area contributed by atoms with Gasteiger partial charge >= 0.3 is 0 Å². The number of carbonyl (C=O) groups excluding carboxylic acids is 1. The Morgan fingerprint density at radius 3 is 2.54 bits per heavy atom. The summed E-state index contributed by atoms with van der Waals surface area (Å²) in [5, 5.41) is 7.74. The van der Waals surface area contributed by atoms with Gasteiger partial charge in [-0.1, -0.05) is 29.8 Å². The second kappa shape index (κ2) is 9.10. The van der Waals surface area contributed by atoms with Crippen LogP contribution in [0.15, 0.2) is 60.8 Å². The molecule has 1 amide bonds. The predicted octanol–water partition coefficient (Wildman–Crippen LogP) is 4.25.